The lowest BCUT2D eigenvalue weighted by Crippen LogP contribution is -2.52. The predicted molar refractivity (Wildman–Crippen MR) is 90.6 cm³/mol. The van der Waals surface area contributed by atoms with E-state index in [-0.39, 0.29) is 25.0 Å². The van der Waals surface area contributed by atoms with Gasteiger partial charge in [0.1, 0.15) is 6.61 Å². The number of hydrogen-bond acceptors (Lipinski definition) is 4. The van der Waals surface area contributed by atoms with E-state index >= 15 is 0 Å². The summed E-state index contributed by atoms with van der Waals surface area (Å²) in [5.74, 6) is -0.171. The number of methoxy groups -OCH3 is 1. The number of rotatable bonds is 7. The Bertz CT molecular complexity index is 588. The quantitative estimate of drug-likeness (QED) is 0.702. The van der Waals surface area contributed by atoms with Crippen LogP contribution in [0.4, 0.5) is 0 Å². The monoisotopic (exact) mass is 334 g/mol. The van der Waals surface area contributed by atoms with Crippen LogP contribution < -0.4 is 0 Å². The molecule has 1 aromatic rings. The van der Waals surface area contributed by atoms with Gasteiger partial charge >= 0.3 is 0 Å². The van der Waals surface area contributed by atoms with Crippen LogP contribution in [0.3, 0.4) is 0 Å². The number of amides is 2. The zero-order chi connectivity index (χ0) is 17.5. The molecule has 1 heterocycles. The smallest absolute Gasteiger partial charge is 0.249 e. The molecule has 6 heteroatoms. The first-order valence-electron chi connectivity index (χ1n) is 8.19. The third-order valence-electron chi connectivity index (χ3n) is 4.27. The molecule has 0 N–H and O–H groups in total. The molecule has 0 spiro atoms. The number of piperazine rings is 1. The maximum absolute atomic E-state index is 12.3. The molecule has 0 radical (unpaired) electrons. The Hall–Kier alpha value is -1.92. The Morgan fingerprint density at radius 2 is 1.96 bits per heavy atom. The summed E-state index contributed by atoms with van der Waals surface area (Å²) in [6, 6.07) is 6.24. The van der Waals surface area contributed by atoms with Crippen LogP contribution >= 0.6 is 0 Å². The molecule has 0 atom stereocenters. The first-order chi connectivity index (χ1) is 11.5. The highest BCUT2D eigenvalue weighted by molar-refractivity contribution is 5.86. The molecule has 1 fully saturated rings. The van der Waals surface area contributed by atoms with Crippen LogP contribution in [0.15, 0.2) is 18.2 Å². The minimum Gasteiger partial charge on any atom is -0.382 e. The summed E-state index contributed by atoms with van der Waals surface area (Å²) in [4.78, 5) is 27.7. The Kier molecular flexibility index (Phi) is 6.75. The lowest BCUT2D eigenvalue weighted by Gasteiger charge is -2.34. The van der Waals surface area contributed by atoms with Crippen molar-refractivity contribution in [3.63, 3.8) is 0 Å². The van der Waals surface area contributed by atoms with Gasteiger partial charge in [-0.2, -0.15) is 0 Å². The fraction of sp³-hybridized carbons (Fsp3) is 0.556. The minimum absolute atomic E-state index is 0.00615. The van der Waals surface area contributed by atoms with Crippen LogP contribution in [0.5, 0.6) is 0 Å². The first kappa shape index (κ1) is 18.4. The van der Waals surface area contributed by atoms with Crippen LogP contribution in [0.2, 0.25) is 0 Å². The van der Waals surface area contributed by atoms with E-state index in [2.05, 4.69) is 32.0 Å². The van der Waals surface area contributed by atoms with E-state index in [0.717, 1.165) is 5.56 Å². The van der Waals surface area contributed by atoms with Crippen molar-refractivity contribution in [1.82, 2.24) is 9.80 Å². The van der Waals surface area contributed by atoms with Crippen molar-refractivity contribution in [3.05, 3.63) is 34.9 Å². The Labute approximate surface area is 143 Å². The van der Waals surface area contributed by atoms with E-state index in [9.17, 15) is 9.59 Å². The fourth-order valence-corrected chi connectivity index (χ4v) is 2.60. The van der Waals surface area contributed by atoms with Crippen LogP contribution in [-0.2, 0) is 25.6 Å². The van der Waals surface area contributed by atoms with Crippen molar-refractivity contribution in [2.45, 2.75) is 20.4 Å². The number of nitrogens with zero attached hydrogens (tertiary/aromatic N) is 2. The summed E-state index contributed by atoms with van der Waals surface area (Å²) in [7, 11) is 1.58. The summed E-state index contributed by atoms with van der Waals surface area (Å²) >= 11 is 0. The molecule has 1 aliphatic rings. The number of hydrogen-bond donors (Lipinski definition) is 0. The highest BCUT2D eigenvalue weighted by Crippen LogP contribution is 2.14. The van der Waals surface area contributed by atoms with Gasteiger partial charge in [-0.25, -0.2) is 0 Å². The lowest BCUT2D eigenvalue weighted by molar-refractivity contribution is -0.148. The van der Waals surface area contributed by atoms with E-state index in [1.807, 2.05) is 0 Å². The molecule has 0 unspecified atom stereocenters. The molecule has 0 aliphatic carbocycles. The van der Waals surface area contributed by atoms with Crippen LogP contribution in [0.25, 0.3) is 0 Å². The third kappa shape index (κ3) is 5.04. The molecule has 0 bridgehead atoms. The van der Waals surface area contributed by atoms with Crippen molar-refractivity contribution in [1.29, 1.82) is 0 Å². The van der Waals surface area contributed by atoms with Gasteiger partial charge in [0.2, 0.25) is 11.8 Å². The van der Waals surface area contributed by atoms with Crippen molar-refractivity contribution in [2.75, 3.05) is 46.6 Å². The summed E-state index contributed by atoms with van der Waals surface area (Å²) in [6.45, 7) is 6.78. The molecule has 1 aromatic carbocycles. The molecule has 0 aromatic heterocycles. The van der Waals surface area contributed by atoms with E-state index in [4.69, 9.17) is 9.47 Å². The lowest BCUT2D eigenvalue weighted by atomic mass is 10.1. The van der Waals surface area contributed by atoms with E-state index in [0.29, 0.717) is 32.8 Å². The molecular formula is C18H26N2O4. The van der Waals surface area contributed by atoms with E-state index in [1.54, 1.807) is 16.9 Å². The maximum Gasteiger partial charge on any atom is 0.249 e. The molecule has 1 aliphatic heterocycles. The SMILES string of the molecule is COCCOCC(=O)N1CCN(Cc2ccc(C)c(C)c2)C(=O)C1. The number of aryl methyl sites for hydroxylation is 2. The van der Waals surface area contributed by atoms with Crippen molar-refractivity contribution >= 4 is 11.8 Å². The zero-order valence-electron chi connectivity index (χ0n) is 14.7. The van der Waals surface area contributed by atoms with Gasteiger partial charge in [0.15, 0.2) is 0 Å². The standard InChI is InChI=1S/C18H26N2O4/c1-14-4-5-16(10-15(14)2)11-19-6-7-20(12-17(19)21)18(22)13-24-9-8-23-3/h4-5,10H,6-9,11-13H2,1-3H3. The summed E-state index contributed by atoms with van der Waals surface area (Å²) in [5.41, 5.74) is 3.59. The van der Waals surface area contributed by atoms with Gasteiger partial charge in [-0.1, -0.05) is 18.2 Å². The van der Waals surface area contributed by atoms with Crippen LogP contribution in [0, 0.1) is 13.8 Å². The highest BCUT2D eigenvalue weighted by atomic mass is 16.5. The normalized spacial score (nSPS) is 15.0. The number of benzene rings is 1. The summed E-state index contributed by atoms with van der Waals surface area (Å²) < 4.78 is 10.1. The number of ether oxygens (including phenoxy) is 2. The largest absolute Gasteiger partial charge is 0.382 e. The molecule has 132 valence electrons. The first-order valence-corrected chi connectivity index (χ1v) is 8.19. The van der Waals surface area contributed by atoms with Crippen molar-refractivity contribution < 1.29 is 19.1 Å². The van der Waals surface area contributed by atoms with Crippen LogP contribution in [0.1, 0.15) is 16.7 Å². The van der Waals surface area contributed by atoms with Gasteiger partial charge in [-0.3, -0.25) is 9.59 Å². The number of carbonyl (C=O) groups is 2. The van der Waals surface area contributed by atoms with Gasteiger partial charge in [0.05, 0.1) is 19.8 Å². The van der Waals surface area contributed by atoms with Gasteiger partial charge in [-0.05, 0) is 30.5 Å². The molecule has 2 rings (SSSR count). The number of carbonyl (C=O) groups excluding carboxylic acids is 2. The molecule has 1 saturated heterocycles. The van der Waals surface area contributed by atoms with Gasteiger partial charge in [0.25, 0.3) is 0 Å². The topological polar surface area (TPSA) is 59.1 Å². The molecule has 0 saturated carbocycles. The molecular weight excluding hydrogens is 308 g/mol. The predicted octanol–water partition coefficient (Wildman–Crippen LogP) is 1.14. The van der Waals surface area contributed by atoms with Crippen molar-refractivity contribution in [3.8, 4) is 0 Å². The fourth-order valence-electron chi connectivity index (χ4n) is 2.60. The summed E-state index contributed by atoms with van der Waals surface area (Å²) in [6.07, 6.45) is 0. The Morgan fingerprint density at radius 1 is 1.17 bits per heavy atom. The van der Waals surface area contributed by atoms with Crippen molar-refractivity contribution in [2.24, 2.45) is 0 Å². The van der Waals surface area contributed by atoms with E-state index < -0.39 is 0 Å². The second-order valence-corrected chi connectivity index (χ2v) is 6.09. The Balaban J connectivity index is 1.83. The van der Waals surface area contributed by atoms with Gasteiger partial charge in [-0.15, -0.1) is 0 Å². The third-order valence-corrected chi connectivity index (χ3v) is 4.27. The van der Waals surface area contributed by atoms with Crippen LogP contribution in [-0.4, -0.2) is 68.2 Å². The van der Waals surface area contributed by atoms with E-state index in [1.165, 1.54) is 11.1 Å². The minimum atomic E-state index is -0.148. The zero-order valence-corrected chi connectivity index (χ0v) is 14.7. The second-order valence-electron chi connectivity index (χ2n) is 6.09. The highest BCUT2D eigenvalue weighted by Gasteiger charge is 2.27. The average molecular weight is 334 g/mol. The maximum atomic E-state index is 12.3. The summed E-state index contributed by atoms with van der Waals surface area (Å²) in [5, 5.41) is 0. The second kappa shape index (κ2) is 8.80. The molecule has 6 nitrogen and oxygen atoms in total. The van der Waals surface area contributed by atoms with Gasteiger partial charge in [0, 0.05) is 26.7 Å². The molecule has 24 heavy (non-hydrogen) atoms. The van der Waals surface area contributed by atoms with Gasteiger partial charge < -0.3 is 19.3 Å². The Morgan fingerprint density at radius 3 is 2.62 bits per heavy atom. The average Bonchev–Trinajstić information content (AvgIpc) is 2.56. The molecule has 2 amide bonds.